The summed E-state index contributed by atoms with van der Waals surface area (Å²) in [5.74, 6) is 0.461. The maximum absolute atomic E-state index is 12.5. The molecule has 144 valence electrons. The summed E-state index contributed by atoms with van der Waals surface area (Å²) in [6.45, 7) is 4.42. The number of carbonyl (C=O) groups is 2. The molecule has 2 aromatic rings. The molecule has 0 unspecified atom stereocenters. The summed E-state index contributed by atoms with van der Waals surface area (Å²) in [5, 5.41) is 6.68. The second-order valence-corrected chi connectivity index (χ2v) is 6.49. The average Bonchev–Trinajstić information content (AvgIpc) is 3.16. The van der Waals surface area contributed by atoms with E-state index in [1.807, 2.05) is 31.2 Å². The van der Waals surface area contributed by atoms with Crippen molar-refractivity contribution in [3.05, 3.63) is 35.7 Å². The molecule has 2 heterocycles. The van der Waals surface area contributed by atoms with Crippen molar-refractivity contribution in [1.82, 2.24) is 20.4 Å². The summed E-state index contributed by atoms with van der Waals surface area (Å²) in [6.07, 6.45) is 2.60. The molecule has 8 heteroatoms. The van der Waals surface area contributed by atoms with Crippen LogP contribution in [0, 0.1) is 6.92 Å². The lowest BCUT2D eigenvalue weighted by atomic mass is 10.0. The summed E-state index contributed by atoms with van der Waals surface area (Å²) in [7, 11) is 0. The Kier molecular flexibility index (Phi) is 6.05. The summed E-state index contributed by atoms with van der Waals surface area (Å²) in [6, 6.07) is 7.22. The monoisotopic (exact) mass is 372 g/mol. The number of hydrogen-bond acceptors (Lipinski definition) is 6. The van der Waals surface area contributed by atoms with Crippen LogP contribution in [0.4, 0.5) is 4.79 Å². The molecule has 0 radical (unpaired) electrons. The zero-order chi connectivity index (χ0) is 19.2. The van der Waals surface area contributed by atoms with Gasteiger partial charge in [-0.05, 0) is 39.2 Å². The van der Waals surface area contributed by atoms with Crippen molar-refractivity contribution in [2.75, 3.05) is 19.7 Å². The second-order valence-electron chi connectivity index (χ2n) is 6.49. The van der Waals surface area contributed by atoms with Gasteiger partial charge in [-0.1, -0.05) is 28.9 Å². The predicted molar refractivity (Wildman–Crippen MR) is 97.8 cm³/mol. The molecule has 1 aliphatic rings. The van der Waals surface area contributed by atoms with E-state index in [0.29, 0.717) is 18.3 Å². The number of urea groups is 1. The lowest BCUT2D eigenvalue weighted by Gasteiger charge is -2.33. The molecule has 1 aliphatic heterocycles. The van der Waals surface area contributed by atoms with Gasteiger partial charge in [0, 0.05) is 12.1 Å². The van der Waals surface area contributed by atoms with Crippen LogP contribution in [0.25, 0.3) is 11.4 Å². The Morgan fingerprint density at radius 1 is 1.37 bits per heavy atom. The molecule has 0 spiro atoms. The van der Waals surface area contributed by atoms with Crippen LogP contribution in [0.5, 0.6) is 0 Å². The predicted octanol–water partition coefficient (Wildman–Crippen LogP) is 2.84. The van der Waals surface area contributed by atoms with E-state index < -0.39 is 5.97 Å². The first-order chi connectivity index (χ1) is 13.1. The van der Waals surface area contributed by atoms with Gasteiger partial charge < -0.3 is 19.5 Å². The maximum atomic E-state index is 12.5. The highest BCUT2D eigenvalue weighted by molar-refractivity contribution is 5.81. The topological polar surface area (TPSA) is 97.6 Å². The van der Waals surface area contributed by atoms with E-state index >= 15 is 0 Å². The van der Waals surface area contributed by atoms with Gasteiger partial charge in [-0.25, -0.2) is 4.79 Å². The van der Waals surface area contributed by atoms with Crippen LogP contribution in [0.2, 0.25) is 0 Å². The Morgan fingerprint density at radius 3 is 3.00 bits per heavy atom. The number of nitrogens with one attached hydrogen (secondary N) is 1. The van der Waals surface area contributed by atoms with Crippen molar-refractivity contribution in [2.45, 2.75) is 39.2 Å². The molecule has 1 saturated heterocycles. The van der Waals surface area contributed by atoms with Crippen molar-refractivity contribution in [3.8, 4) is 11.4 Å². The SMILES string of the molecule is CCOC(=O)CNC(=O)N1CCCC[C@H]1c1nc(-c2cccc(C)c2)no1. The van der Waals surface area contributed by atoms with Crippen LogP contribution in [0.1, 0.15) is 43.7 Å². The van der Waals surface area contributed by atoms with E-state index in [1.165, 1.54) is 0 Å². The van der Waals surface area contributed by atoms with Crippen LogP contribution >= 0.6 is 0 Å². The number of hydrogen-bond donors (Lipinski definition) is 1. The number of aromatic nitrogens is 2. The molecule has 2 amide bonds. The van der Waals surface area contributed by atoms with Gasteiger partial charge in [-0.15, -0.1) is 0 Å². The van der Waals surface area contributed by atoms with Gasteiger partial charge in [-0.2, -0.15) is 4.98 Å². The Hall–Kier alpha value is -2.90. The minimum absolute atomic E-state index is 0.158. The minimum atomic E-state index is -0.459. The van der Waals surface area contributed by atoms with Gasteiger partial charge in [0.05, 0.1) is 6.61 Å². The molecular weight excluding hydrogens is 348 g/mol. The number of aryl methyl sites for hydroxylation is 1. The highest BCUT2D eigenvalue weighted by atomic mass is 16.5. The van der Waals surface area contributed by atoms with E-state index in [1.54, 1.807) is 11.8 Å². The smallest absolute Gasteiger partial charge is 0.325 e. The largest absolute Gasteiger partial charge is 0.465 e. The van der Waals surface area contributed by atoms with Crippen LogP contribution in [0.3, 0.4) is 0 Å². The fraction of sp³-hybridized carbons (Fsp3) is 0.474. The highest BCUT2D eigenvalue weighted by Gasteiger charge is 2.32. The standard InChI is InChI=1S/C19H24N4O4/c1-3-26-16(24)12-20-19(25)23-10-5-4-9-15(23)18-21-17(22-27-18)14-8-6-7-13(2)11-14/h6-8,11,15H,3-5,9-10,12H2,1-2H3,(H,20,25)/t15-/m0/s1. The molecule has 3 rings (SSSR count). The quantitative estimate of drug-likeness (QED) is 0.811. The summed E-state index contributed by atoms with van der Waals surface area (Å²) in [4.78, 5) is 30.2. The van der Waals surface area contributed by atoms with E-state index in [-0.39, 0.29) is 25.2 Å². The molecule has 0 saturated carbocycles. The molecule has 1 aromatic heterocycles. The fourth-order valence-corrected chi connectivity index (χ4v) is 3.16. The number of carbonyl (C=O) groups excluding carboxylic acids is 2. The zero-order valence-electron chi connectivity index (χ0n) is 15.6. The number of ether oxygens (including phenoxy) is 1. The first-order valence-electron chi connectivity index (χ1n) is 9.19. The lowest BCUT2D eigenvalue weighted by Crippen LogP contribution is -2.46. The number of benzene rings is 1. The molecule has 0 bridgehead atoms. The van der Waals surface area contributed by atoms with Gasteiger partial charge >= 0.3 is 12.0 Å². The molecule has 1 N–H and O–H groups in total. The van der Waals surface area contributed by atoms with Crippen molar-refractivity contribution < 1.29 is 18.8 Å². The van der Waals surface area contributed by atoms with Gasteiger partial charge in [0.25, 0.3) is 0 Å². The summed E-state index contributed by atoms with van der Waals surface area (Å²) >= 11 is 0. The van der Waals surface area contributed by atoms with Gasteiger partial charge in [0.15, 0.2) is 0 Å². The van der Waals surface area contributed by atoms with Crippen molar-refractivity contribution in [2.24, 2.45) is 0 Å². The summed E-state index contributed by atoms with van der Waals surface area (Å²) < 4.78 is 10.3. The van der Waals surface area contributed by atoms with E-state index in [9.17, 15) is 9.59 Å². The second kappa shape index (κ2) is 8.66. The van der Waals surface area contributed by atoms with E-state index in [2.05, 4.69) is 15.5 Å². The molecule has 1 atom stereocenters. The highest BCUT2D eigenvalue weighted by Crippen LogP contribution is 2.31. The first kappa shape index (κ1) is 18.9. The molecule has 8 nitrogen and oxygen atoms in total. The molecule has 27 heavy (non-hydrogen) atoms. The van der Waals surface area contributed by atoms with Crippen molar-refractivity contribution >= 4 is 12.0 Å². The summed E-state index contributed by atoms with van der Waals surface area (Å²) in [5.41, 5.74) is 1.98. The van der Waals surface area contributed by atoms with Crippen LogP contribution in [-0.2, 0) is 9.53 Å². The lowest BCUT2D eigenvalue weighted by molar-refractivity contribution is -0.141. The number of rotatable bonds is 5. The number of likely N-dealkylation sites (tertiary alicyclic amines) is 1. The maximum Gasteiger partial charge on any atom is 0.325 e. The number of piperidine rings is 1. The van der Waals surface area contributed by atoms with Crippen molar-refractivity contribution in [1.29, 1.82) is 0 Å². The minimum Gasteiger partial charge on any atom is -0.465 e. The van der Waals surface area contributed by atoms with Crippen LogP contribution in [-0.4, -0.2) is 46.7 Å². The third-order valence-electron chi connectivity index (χ3n) is 4.46. The number of nitrogens with zero attached hydrogens (tertiary/aromatic N) is 3. The first-order valence-corrected chi connectivity index (χ1v) is 9.19. The van der Waals surface area contributed by atoms with Gasteiger partial charge in [-0.3, -0.25) is 4.79 Å². The van der Waals surface area contributed by atoms with Crippen LogP contribution in [0.15, 0.2) is 28.8 Å². The Morgan fingerprint density at radius 2 is 2.22 bits per heavy atom. The molecule has 1 aromatic carbocycles. The molecule has 0 aliphatic carbocycles. The number of esters is 1. The molecular formula is C19H24N4O4. The van der Waals surface area contributed by atoms with Gasteiger partial charge in [0.1, 0.15) is 12.6 Å². The third kappa shape index (κ3) is 4.64. The zero-order valence-corrected chi connectivity index (χ0v) is 15.6. The van der Waals surface area contributed by atoms with Crippen molar-refractivity contribution in [3.63, 3.8) is 0 Å². The Bertz CT molecular complexity index is 805. The van der Waals surface area contributed by atoms with E-state index in [0.717, 1.165) is 30.4 Å². The molecule has 1 fully saturated rings. The average molecular weight is 372 g/mol. The van der Waals surface area contributed by atoms with Crippen LogP contribution < -0.4 is 5.32 Å². The number of amides is 2. The Labute approximate surface area is 157 Å². The Balaban J connectivity index is 1.72. The normalized spacial score (nSPS) is 16.8. The fourth-order valence-electron chi connectivity index (χ4n) is 3.16. The van der Waals surface area contributed by atoms with Gasteiger partial charge in [0.2, 0.25) is 11.7 Å². The third-order valence-corrected chi connectivity index (χ3v) is 4.46. The van der Waals surface area contributed by atoms with E-state index in [4.69, 9.17) is 9.26 Å².